The van der Waals surface area contributed by atoms with Crippen molar-refractivity contribution in [2.75, 3.05) is 78.5 Å². The van der Waals surface area contributed by atoms with Crippen LogP contribution in [0, 0.1) is 0 Å². The molecule has 0 aromatic heterocycles. The topological polar surface area (TPSA) is 13.0 Å². The van der Waals surface area contributed by atoms with E-state index in [1.165, 1.54) is 78.5 Å². The highest BCUT2D eigenvalue weighted by molar-refractivity contribution is 4.79. The summed E-state index contributed by atoms with van der Waals surface area (Å²) in [7, 11) is 0. The third kappa shape index (κ3) is 2.56. The van der Waals surface area contributed by atoms with Crippen molar-refractivity contribution >= 4 is 0 Å². The minimum absolute atomic E-state index is 1.28. The van der Waals surface area contributed by atoms with Crippen molar-refractivity contribution in [2.24, 2.45) is 0 Å². The monoisotopic (exact) mass is 224 g/mol. The minimum atomic E-state index is 1.28. The smallest absolute Gasteiger partial charge is 0.0110 e. The Bertz CT molecular complexity index is 147. The molecule has 92 valence electrons. The second-order valence-corrected chi connectivity index (χ2v) is 5.37. The van der Waals surface area contributed by atoms with Crippen LogP contribution in [-0.2, 0) is 0 Å². The lowest BCUT2D eigenvalue weighted by Crippen LogP contribution is -2.36. The van der Waals surface area contributed by atoms with Gasteiger partial charge in [0.05, 0.1) is 0 Å². The van der Waals surface area contributed by atoms with Gasteiger partial charge in [0.15, 0.2) is 0 Å². The predicted octanol–water partition coefficient (Wildman–Crippen LogP) is -0.765. The standard InChI is InChI=1S/C12H24N4/c1-2-14-7-9-15-5-3-13(1)4-6-16(10-8-14)12-11-15/h1-12H2. The molecule has 0 N–H and O–H groups in total. The van der Waals surface area contributed by atoms with Gasteiger partial charge in [0.1, 0.15) is 0 Å². The first-order chi connectivity index (χ1) is 7.90. The molecule has 0 aromatic rings. The van der Waals surface area contributed by atoms with Gasteiger partial charge in [-0.05, 0) is 0 Å². The molecule has 0 radical (unpaired) electrons. The molecule has 16 heavy (non-hydrogen) atoms. The highest BCUT2D eigenvalue weighted by Gasteiger charge is 2.22. The molecule has 4 aliphatic heterocycles. The molecule has 4 aliphatic rings. The number of hydrogen-bond acceptors (Lipinski definition) is 4. The Balaban J connectivity index is 1.82. The van der Waals surface area contributed by atoms with Gasteiger partial charge in [-0.1, -0.05) is 0 Å². The van der Waals surface area contributed by atoms with Crippen LogP contribution in [0.15, 0.2) is 0 Å². The molecule has 4 bridgehead atoms. The zero-order valence-electron chi connectivity index (χ0n) is 10.3. The van der Waals surface area contributed by atoms with Crippen molar-refractivity contribution in [1.82, 2.24) is 19.6 Å². The molecule has 4 heteroatoms. The Kier molecular flexibility index (Phi) is 3.43. The summed E-state index contributed by atoms with van der Waals surface area (Å²) in [6.07, 6.45) is 0. The zero-order chi connectivity index (χ0) is 10.8. The fraction of sp³-hybridized carbons (Fsp3) is 1.00. The highest BCUT2D eigenvalue weighted by Crippen LogP contribution is 2.07. The van der Waals surface area contributed by atoms with E-state index in [4.69, 9.17) is 0 Å². The summed E-state index contributed by atoms with van der Waals surface area (Å²) in [4.78, 5) is 10.6. The predicted molar refractivity (Wildman–Crippen MR) is 65.8 cm³/mol. The van der Waals surface area contributed by atoms with Crippen molar-refractivity contribution in [3.05, 3.63) is 0 Å². The zero-order valence-corrected chi connectivity index (χ0v) is 10.3. The van der Waals surface area contributed by atoms with Crippen LogP contribution in [0.25, 0.3) is 0 Å². The van der Waals surface area contributed by atoms with E-state index in [1.54, 1.807) is 0 Å². The van der Waals surface area contributed by atoms with Gasteiger partial charge in [-0.15, -0.1) is 0 Å². The number of rotatable bonds is 0. The second-order valence-electron chi connectivity index (χ2n) is 5.37. The second kappa shape index (κ2) is 5.00. The van der Waals surface area contributed by atoms with Gasteiger partial charge in [-0.3, -0.25) is 19.6 Å². The van der Waals surface area contributed by atoms with E-state index in [9.17, 15) is 0 Å². The van der Waals surface area contributed by atoms with Gasteiger partial charge in [-0.2, -0.15) is 0 Å². The van der Waals surface area contributed by atoms with E-state index < -0.39 is 0 Å². The van der Waals surface area contributed by atoms with Crippen LogP contribution in [0.1, 0.15) is 0 Å². The molecule has 0 aliphatic carbocycles. The van der Waals surface area contributed by atoms with Crippen molar-refractivity contribution in [3.8, 4) is 0 Å². The number of hydrogen-bond donors (Lipinski definition) is 0. The van der Waals surface area contributed by atoms with Crippen molar-refractivity contribution in [1.29, 1.82) is 0 Å². The summed E-state index contributed by atoms with van der Waals surface area (Å²) in [6.45, 7) is 15.4. The first kappa shape index (κ1) is 11.0. The molecule has 4 heterocycles. The Hall–Kier alpha value is -0.160. The van der Waals surface area contributed by atoms with Crippen LogP contribution in [0.3, 0.4) is 0 Å². The fourth-order valence-electron chi connectivity index (χ4n) is 3.04. The van der Waals surface area contributed by atoms with E-state index >= 15 is 0 Å². The molecule has 0 unspecified atom stereocenters. The molecule has 0 atom stereocenters. The summed E-state index contributed by atoms with van der Waals surface area (Å²) in [5.41, 5.74) is 0. The summed E-state index contributed by atoms with van der Waals surface area (Å²) in [5, 5.41) is 0. The molecule has 4 fully saturated rings. The van der Waals surface area contributed by atoms with Gasteiger partial charge in [0.2, 0.25) is 0 Å². The van der Waals surface area contributed by atoms with Gasteiger partial charge in [-0.25, -0.2) is 0 Å². The summed E-state index contributed by atoms with van der Waals surface area (Å²) >= 11 is 0. The maximum Gasteiger partial charge on any atom is 0.0110 e. The van der Waals surface area contributed by atoms with Gasteiger partial charge in [0.25, 0.3) is 0 Å². The van der Waals surface area contributed by atoms with Crippen molar-refractivity contribution < 1.29 is 0 Å². The van der Waals surface area contributed by atoms with E-state index in [1.807, 2.05) is 0 Å². The van der Waals surface area contributed by atoms with Crippen molar-refractivity contribution in [2.45, 2.75) is 0 Å². The maximum absolute atomic E-state index is 2.66. The van der Waals surface area contributed by atoms with Crippen LogP contribution < -0.4 is 0 Å². The maximum atomic E-state index is 2.66. The largest absolute Gasteiger partial charge is 0.300 e. The molecule has 4 nitrogen and oxygen atoms in total. The van der Waals surface area contributed by atoms with E-state index in [0.29, 0.717) is 0 Å². The fourth-order valence-corrected chi connectivity index (χ4v) is 3.04. The van der Waals surface area contributed by atoms with Crippen molar-refractivity contribution in [3.63, 3.8) is 0 Å². The lowest BCUT2D eigenvalue weighted by molar-refractivity contribution is 0.237. The summed E-state index contributed by atoms with van der Waals surface area (Å²) in [5.74, 6) is 0. The average molecular weight is 224 g/mol. The molecule has 0 aromatic carbocycles. The van der Waals surface area contributed by atoms with Crippen LogP contribution in [-0.4, -0.2) is 98.1 Å². The first-order valence-corrected chi connectivity index (χ1v) is 6.79. The third-order valence-corrected chi connectivity index (χ3v) is 4.39. The van der Waals surface area contributed by atoms with Gasteiger partial charge < -0.3 is 0 Å². The van der Waals surface area contributed by atoms with Crippen LogP contribution >= 0.6 is 0 Å². The Morgan fingerprint density at radius 2 is 0.375 bits per heavy atom. The Labute approximate surface area is 98.8 Å². The lowest BCUT2D eigenvalue weighted by Gasteiger charge is -2.22. The molecule has 4 rings (SSSR count). The summed E-state index contributed by atoms with van der Waals surface area (Å²) in [6, 6.07) is 0. The number of fused-ring (bicyclic) bond motifs is 6. The summed E-state index contributed by atoms with van der Waals surface area (Å²) < 4.78 is 0. The third-order valence-electron chi connectivity index (χ3n) is 4.39. The molecule has 0 amide bonds. The van der Waals surface area contributed by atoms with Crippen LogP contribution in [0.5, 0.6) is 0 Å². The lowest BCUT2D eigenvalue weighted by atomic mass is 10.4. The van der Waals surface area contributed by atoms with Gasteiger partial charge in [0, 0.05) is 78.5 Å². The van der Waals surface area contributed by atoms with E-state index in [-0.39, 0.29) is 0 Å². The Morgan fingerprint density at radius 1 is 0.250 bits per heavy atom. The number of nitrogens with zero attached hydrogens (tertiary/aromatic N) is 4. The SMILES string of the molecule is C1CN2CCN3CCN1CCN(CC2)CC3. The van der Waals surface area contributed by atoms with Crippen LogP contribution in [0.4, 0.5) is 0 Å². The van der Waals surface area contributed by atoms with E-state index in [0.717, 1.165) is 0 Å². The molecule has 0 saturated carbocycles. The molecule has 4 saturated heterocycles. The molecule has 0 spiro atoms. The van der Waals surface area contributed by atoms with Gasteiger partial charge >= 0.3 is 0 Å². The minimum Gasteiger partial charge on any atom is -0.300 e. The average Bonchev–Trinajstić information content (AvgIpc) is 2.53. The molecular weight excluding hydrogens is 200 g/mol. The molecular formula is C12H24N4. The highest BCUT2D eigenvalue weighted by atomic mass is 15.3. The Morgan fingerprint density at radius 3 is 0.500 bits per heavy atom. The van der Waals surface area contributed by atoms with Crippen LogP contribution in [0.2, 0.25) is 0 Å². The normalized spacial score (nSPS) is 45.0. The van der Waals surface area contributed by atoms with E-state index in [2.05, 4.69) is 19.6 Å². The quantitative estimate of drug-likeness (QED) is 0.536. The first-order valence-electron chi connectivity index (χ1n) is 6.79.